The van der Waals surface area contributed by atoms with E-state index in [0.29, 0.717) is 0 Å². The van der Waals surface area contributed by atoms with Gasteiger partial charge in [-0.1, -0.05) is 0 Å². The minimum absolute atomic E-state index is 0.242. The van der Waals surface area contributed by atoms with E-state index in [-0.39, 0.29) is 5.92 Å². The van der Waals surface area contributed by atoms with E-state index in [0.717, 1.165) is 25.9 Å². The highest BCUT2D eigenvalue weighted by Gasteiger charge is 2.24. The molecule has 1 aliphatic rings. The standard InChI is InChI=1S/C11H19N2O2/c1-11(2,3)15-10(14)13-8-9-5-4-6-12-7-9/h9,12H,4-7H2,1-3H3/q+1. The molecule has 0 radical (unpaired) electrons. The Balaban J connectivity index is 2.39. The van der Waals surface area contributed by atoms with Crippen LogP contribution in [0.4, 0.5) is 4.79 Å². The second-order valence-electron chi connectivity index (χ2n) is 4.76. The van der Waals surface area contributed by atoms with Crippen LogP contribution in [0.15, 0.2) is 0 Å². The number of hydrogen-bond acceptors (Lipinski definition) is 3. The van der Waals surface area contributed by atoms with Gasteiger partial charge in [0.25, 0.3) is 6.07 Å². The number of ether oxygens (including phenoxy) is 1. The van der Waals surface area contributed by atoms with Gasteiger partial charge in [-0.05, 0) is 40.2 Å². The Labute approximate surface area is 90.8 Å². The fourth-order valence-corrected chi connectivity index (χ4v) is 1.39. The largest absolute Gasteiger partial charge is 0.728 e. The van der Waals surface area contributed by atoms with Gasteiger partial charge in [0.15, 0.2) is 0 Å². The van der Waals surface area contributed by atoms with Crippen molar-refractivity contribution >= 4 is 6.09 Å². The molecule has 0 aromatic carbocycles. The molecule has 4 heteroatoms. The SMILES string of the molecule is CC(C)(C)OC(=O)[N+]#CC1CCCNC1. The van der Waals surface area contributed by atoms with Gasteiger partial charge in [-0.3, -0.25) is 0 Å². The van der Waals surface area contributed by atoms with Gasteiger partial charge in [0, 0.05) is 6.54 Å². The molecule has 0 aromatic heterocycles. The van der Waals surface area contributed by atoms with E-state index in [1.807, 2.05) is 20.8 Å². The van der Waals surface area contributed by atoms with Crippen LogP contribution >= 0.6 is 0 Å². The van der Waals surface area contributed by atoms with Gasteiger partial charge < -0.3 is 10.1 Å². The maximum Gasteiger partial charge on any atom is 0.728 e. The van der Waals surface area contributed by atoms with Crippen molar-refractivity contribution in [3.8, 4) is 6.07 Å². The summed E-state index contributed by atoms with van der Waals surface area (Å²) in [6.07, 6.45) is 1.61. The number of nitrogens with one attached hydrogen (secondary N) is 1. The Morgan fingerprint density at radius 1 is 1.53 bits per heavy atom. The summed E-state index contributed by atoms with van der Waals surface area (Å²) in [6, 6.07) is 2.83. The summed E-state index contributed by atoms with van der Waals surface area (Å²) in [4.78, 5) is 14.9. The van der Waals surface area contributed by atoms with Crippen molar-refractivity contribution in [3.63, 3.8) is 0 Å². The zero-order valence-corrected chi connectivity index (χ0v) is 9.67. The lowest BCUT2D eigenvalue weighted by Crippen LogP contribution is -2.28. The van der Waals surface area contributed by atoms with E-state index >= 15 is 0 Å². The minimum Gasteiger partial charge on any atom is -0.392 e. The van der Waals surface area contributed by atoms with Gasteiger partial charge in [0.2, 0.25) is 0 Å². The van der Waals surface area contributed by atoms with Crippen molar-refractivity contribution in [2.75, 3.05) is 13.1 Å². The first-order chi connectivity index (χ1) is 6.97. The molecule has 1 unspecified atom stereocenters. The molecule has 0 bridgehead atoms. The number of piperidine rings is 1. The molecule has 15 heavy (non-hydrogen) atoms. The van der Waals surface area contributed by atoms with Gasteiger partial charge in [0.05, 0.1) is 4.85 Å². The van der Waals surface area contributed by atoms with E-state index in [1.54, 1.807) is 0 Å². The highest BCUT2D eigenvalue weighted by molar-refractivity contribution is 5.79. The molecule has 1 N–H and O–H groups in total. The molecule has 0 spiro atoms. The third-order valence-electron chi connectivity index (χ3n) is 2.03. The van der Waals surface area contributed by atoms with Crippen LogP contribution < -0.4 is 5.32 Å². The quantitative estimate of drug-likeness (QED) is 0.668. The van der Waals surface area contributed by atoms with Gasteiger partial charge in [-0.25, -0.2) is 0 Å². The zero-order valence-electron chi connectivity index (χ0n) is 9.67. The number of carbonyl (C=O) groups excluding carboxylic acids is 1. The van der Waals surface area contributed by atoms with Crippen LogP contribution in [0.3, 0.4) is 0 Å². The second kappa shape index (κ2) is 5.13. The summed E-state index contributed by atoms with van der Waals surface area (Å²) in [6.45, 7) is 7.37. The first kappa shape index (κ1) is 12.0. The molecule has 1 rings (SSSR count). The number of hydrogen-bond donors (Lipinski definition) is 1. The molecule has 0 saturated carbocycles. The summed E-state index contributed by atoms with van der Waals surface area (Å²) in [5, 5.41) is 3.23. The van der Waals surface area contributed by atoms with Crippen LogP contribution in [0.1, 0.15) is 33.6 Å². The van der Waals surface area contributed by atoms with E-state index in [2.05, 4.69) is 16.2 Å². The van der Waals surface area contributed by atoms with Crippen molar-refractivity contribution in [2.24, 2.45) is 5.92 Å². The number of nitrogens with zero attached hydrogens (tertiary/aromatic N) is 1. The molecule has 0 aliphatic carbocycles. The monoisotopic (exact) mass is 211 g/mol. The lowest BCUT2D eigenvalue weighted by Gasteiger charge is -2.14. The van der Waals surface area contributed by atoms with Gasteiger partial charge in [-0.15, -0.1) is 0 Å². The van der Waals surface area contributed by atoms with Crippen LogP contribution in [-0.4, -0.2) is 24.8 Å². The van der Waals surface area contributed by atoms with E-state index < -0.39 is 11.7 Å². The van der Waals surface area contributed by atoms with Crippen molar-refractivity contribution in [3.05, 3.63) is 4.85 Å². The van der Waals surface area contributed by atoms with E-state index in [4.69, 9.17) is 4.74 Å². The maximum atomic E-state index is 11.2. The summed E-state index contributed by atoms with van der Waals surface area (Å²) < 4.78 is 5.04. The summed E-state index contributed by atoms with van der Waals surface area (Å²) in [7, 11) is 0. The fourth-order valence-electron chi connectivity index (χ4n) is 1.39. The molecular formula is C11H19N2O2+. The molecule has 1 amide bonds. The van der Waals surface area contributed by atoms with Gasteiger partial charge in [-0.2, -0.15) is 4.79 Å². The molecule has 1 fully saturated rings. The third-order valence-corrected chi connectivity index (χ3v) is 2.03. The Hall–Kier alpha value is -1.08. The Morgan fingerprint density at radius 2 is 2.27 bits per heavy atom. The van der Waals surface area contributed by atoms with Crippen LogP contribution in [0.25, 0.3) is 4.85 Å². The zero-order chi connectivity index (χ0) is 11.3. The summed E-state index contributed by atoms with van der Waals surface area (Å²) in [5.74, 6) is 0.242. The molecular weight excluding hydrogens is 192 g/mol. The lowest BCUT2D eigenvalue weighted by molar-refractivity contribution is 0.0664. The van der Waals surface area contributed by atoms with Crippen molar-refractivity contribution in [1.82, 2.24) is 5.32 Å². The molecule has 1 heterocycles. The maximum absolute atomic E-state index is 11.2. The molecule has 1 aliphatic heterocycles. The van der Waals surface area contributed by atoms with Crippen LogP contribution in [0.5, 0.6) is 0 Å². The van der Waals surface area contributed by atoms with Gasteiger partial charge in [0.1, 0.15) is 11.5 Å². The Bertz CT molecular complexity index is 277. The van der Waals surface area contributed by atoms with E-state index in [1.165, 1.54) is 0 Å². The second-order valence-corrected chi connectivity index (χ2v) is 4.76. The summed E-state index contributed by atoms with van der Waals surface area (Å²) >= 11 is 0. The van der Waals surface area contributed by atoms with Crippen LogP contribution in [0.2, 0.25) is 0 Å². The molecule has 1 saturated heterocycles. The molecule has 84 valence electrons. The number of carbonyl (C=O) groups is 1. The topological polar surface area (TPSA) is 42.7 Å². The first-order valence-corrected chi connectivity index (χ1v) is 5.37. The molecule has 4 nitrogen and oxygen atoms in total. The van der Waals surface area contributed by atoms with Crippen LogP contribution in [0, 0.1) is 12.0 Å². The molecule has 1 atom stereocenters. The predicted octanol–water partition coefficient (Wildman–Crippen LogP) is 2.25. The third kappa shape index (κ3) is 5.38. The van der Waals surface area contributed by atoms with Crippen molar-refractivity contribution < 1.29 is 9.53 Å². The smallest absolute Gasteiger partial charge is 0.392 e. The normalized spacial score (nSPS) is 21.4. The first-order valence-electron chi connectivity index (χ1n) is 5.37. The summed E-state index contributed by atoms with van der Waals surface area (Å²) in [5.41, 5.74) is -0.479. The lowest BCUT2D eigenvalue weighted by atomic mass is 10.0. The Morgan fingerprint density at radius 3 is 2.80 bits per heavy atom. The Kier molecular flexibility index (Phi) is 4.10. The van der Waals surface area contributed by atoms with Crippen LogP contribution in [-0.2, 0) is 4.74 Å². The average Bonchev–Trinajstić information content (AvgIpc) is 2.14. The minimum atomic E-state index is -0.548. The highest BCUT2D eigenvalue weighted by atomic mass is 16.6. The van der Waals surface area contributed by atoms with Gasteiger partial charge >= 0.3 is 6.09 Å². The van der Waals surface area contributed by atoms with E-state index in [9.17, 15) is 4.79 Å². The average molecular weight is 211 g/mol. The predicted molar refractivity (Wildman–Crippen MR) is 59.1 cm³/mol. The highest BCUT2D eigenvalue weighted by Crippen LogP contribution is 2.10. The molecule has 0 aromatic rings. The van der Waals surface area contributed by atoms with Crippen molar-refractivity contribution in [2.45, 2.75) is 39.2 Å². The van der Waals surface area contributed by atoms with Crippen molar-refractivity contribution in [1.29, 1.82) is 0 Å². The number of rotatable bonds is 0. The fraction of sp³-hybridized carbons (Fsp3) is 0.818. The number of amides is 1.